The van der Waals surface area contributed by atoms with E-state index in [1.165, 1.54) is 21.3 Å². The zero-order valence-corrected chi connectivity index (χ0v) is 18.4. The van der Waals surface area contributed by atoms with Crippen molar-refractivity contribution in [3.8, 4) is 17.2 Å². The third-order valence-electron chi connectivity index (χ3n) is 5.27. The van der Waals surface area contributed by atoms with Crippen LogP contribution in [0, 0.1) is 6.92 Å². The zero-order valence-electron chi connectivity index (χ0n) is 18.4. The SMILES string of the molecule is COc1cc(NC(=O)CNc2cccc(C)c2C(=O)N2CCCC2)cc(OC)c1OC. The molecule has 0 saturated carbocycles. The van der Waals surface area contributed by atoms with E-state index in [0.29, 0.717) is 34.2 Å². The van der Waals surface area contributed by atoms with Crippen molar-refractivity contribution in [1.82, 2.24) is 4.90 Å². The Kier molecular flexibility index (Phi) is 7.23. The lowest BCUT2D eigenvalue weighted by Gasteiger charge is -2.20. The fourth-order valence-electron chi connectivity index (χ4n) is 3.71. The van der Waals surface area contributed by atoms with Crippen LogP contribution in [0.4, 0.5) is 11.4 Å². The van der Waals surface area contributed by atoms with Gasteiger partial charge in [0.25, 0.3) is 5.91 Å². The second-order valence-corrected chi connectivity index (χ2v) is 7.31. The molecule has 8 nitrogen and oxygen atoms in total. The normalized spacial score (nSPS) is 13.0. The van der Waals surface area contributed by atoms with Gasteiger partial charge >= 0.3 is 0 Å². The highest BCUT2D eigenvalue weighted by molar-refractivity contribution is 6.02. The Hall–Kier alpha value is -3.42. The molecule has 0 atom stereocenters. The summed E-state index contributed by atoms with van der Waals surface area (Å²) in [4.78, 5) is 27.4. The Labute approximate surface area is 182 Å². The van der Waals surface area contributed by atoms with Crippen LogP contribution in [0.3, 0.4) is 0 Å². The van der Waals surface area contributed by atoms with Gasteiger partial charge in [-0.15, -0.1) is 0 Å². The molecule has 31 heavy (non-hydrogen) atoms. The van der Waals surface area contributed by atoms with Crippen LogP contribution in [-0.4, -0.2) is 57.7 Å². The van der Waals surface area contributed by atoms with Gasteiger partial charge in [0, 0.05) is 36.6 Å². The largest absolute Gasteiger partial charge is 0.493 e. The predicted octanol–water partition coefficient (Wildman–Crippen LogP) is 3.31. The average molecular weight is 428 g/mol. The van der Waals surface area contributed by atoms with Crippen molar-refractivity contribution < 1.29 is 23.8 Å². The topological polar surface area (TPSA) is 89.1 Å². The van der Waals surface area contributed by atoms with Crippen molar-refractivity contribution in [3.05, 3.63) is 41.5 Å². The van der Waals surface area contributed by atoms with Crippen molar-refractivity contribution in [2.24, 2.45) is 0 Å². The first-order valence-corrected chi connectivity index (χ1v) is 10.2. The molecule has 0 bridgehead atoms. The van der Waals surface area contributed by atoms with Gasteiger partial charge in [0.2, 0.25) is 11.7 Å². The minimum absolute atomic E-state index is 0.000390. The number of likely N-dealkylation sites (tertiary alicyclic amines) is 1. The number of ether oxygens (including phenoxy) is 3. The molecule has 3 rings (SSSR count). The van der Waals surface area contributed by atoms with E-state index in [2.05, 4.69) is 10.6 Å². The number of hydrogen-bond acceptors (Lipinski definition) is 6. The summed E-state index contributed by atoms with van der Waals surface area (Å²) in [5, 5.41) is 5.93. The molecule has 2 aromatic rings. The first-order valence-electron chi connectivity index (χ1n) is 10.2. The van der Waals surface area contributed by atoms with E-state index in [1.807, 2.05) is 30.0 Å². The molecule has 1 aliphatic heterocycles. The zero-order chi connectivity index (χ0) is 22.4. The highest BCUT2D eigenvalue weighted by atomic mass is 16.5. The van der Waals surface area contributed by atoms with Crippen LogP contribution in [0.1, 0.15) is 28.8 Å². The molecule has 1 heterocycles. The number of carbonyl (C=O) groups is 2. The standard InChI is InChI=1S/C23H29N3O5/c1-15-8-7-9-17(21(15)23(28)26-10-5-6-11-26)24-14-20(27)25-16-12-18(29-2)22(31-4)19(13-16)30-3/h7-9,12-13,24H,5-6,10-11,14H2,1-4H3,(H,25,27). The van der Waals surface area contributed by atoms with Crippen LogP contribution in [-0.2, 0) is 4.79 Å². The lowest BCUT2D eigenvalue weighted by atomic mass is 10.0. The number of aryl methyl sites for hydroxylation is 1. The van der Waals surface area contributed by atoms with E-state index in [0.717, 1.165) is 31.5 Å². The van der Waals surface area contributed by atoms with Crippen LogP contribution in [0.2, 0.25) is 0 Å². The Morgan fingerprint density at radius 1 is 1.00 bits per heavy atom. The molecule has 0 spiro atoms. The summed E-state index contributed by atoms with van der Waals surface area (Å²) in [5.74, 6) is 1.08. The molecule has 0 unspecified atom stereocenters. The first kappa shape index (κ1) is 22.3. The maximum Gasteiger partial charge on any atom is 0.256 e. The summed E-state index contributed by atoms with van der Waals surface area (Å²) in [7, 11) is 4.55. The van der Waals surface area contributed by atoms with Crippen molar-refractivity contribution in [2.45, 2.75) is 19.8 Å². The monoisotopic (exact) mass is 427 g/mol. The quantitative estimate of drug-likeness (QED) is 0.672. The molecule has 166 valence electrons. The van der Waals surface area contributed by atoms with Gasteiger partial charge in [-0.2, -0.15) is 0 Å². The molecule has 8 heteroatoms. The number of benzene rings is 2. The van der Waals surface area contributed by atoms with E-state index in [4.69, 9.17) is 14.2 Å². The van der Waals surface area contributed by atoms with Gasteiger partial charge in [-0.25, -0.2) is 0 Å². The second kappa shape index (κ2) is 10.1. The Morgan fingerprint density at radius 2 is 1.65 bits per heavy atom. The van der Waals surface area contributed by atoms with Crippen LogP contribution in [0.25, 0.3) is 0 Å². The number of methoxy groups -OCH3 is 3. The van der Waals surface area contributed by atoms with E-state index >= 15 is 0 Å². The van der Waals surface area contributed by atoms with Crippen LogP contribution in [0.15, 0.2) is 30.3 Å². The fraction of sp³-hybridized carbons (Fsp3) is 0.391. The number of rotatable bonds is 8. The summed E-state index contributed by atoms with van der Waals surface area (Å²) in [6.07, 6.45) is 2.05. The van der Waals surface area contributed by atoms with E-state index in [1.54, 1.807) is 12.1 Å². The molecule has 1 saturated heterocycles. The van der Waals surface area contributed by atoms with Crippen LogP contribution in [0.5, 0.6) is 17.2 Å². The van der Waals surface area contributed by atoms with Crippen molar-refractivity contribution in [2.75, 3.05) is 51.6 Å². The van der Waals surface area contributed by atoms with Gasteiger partial charge in [0.15, 0.2) is 11.5 Å². The number of carbonyl (C=O) groups excluding carboxylic acids is 2. The van der Waals surface area contributed by atoms with Gasteiger partial charge in [-0.1, -0.05) is 12.1 Å². The van der Waals surface area contributed by atoms with Gasteiger partial charge in [0.05, 0.1) is 33.4 Å². The third-order valence-corrected chi connectivity index (χ3v) is 5.27. The molecule has 2 N–H and O–H groups in total. The molecule has 2 amide bonds. The number of nitrogens with one attached hydrogen (secondary N) is 2. The number of anilines is 2. The Morgan fingerprint density at radius 3 is 2.23 bits per heavy atom. The average Bonchev–Trinajstić information content (AvgIpc) is 3.31. The van der Waals surface area contributed by atoms with E-state index < -0.39 is 0 Å². The van der Waals surface area contributed by atoms with Gasteiger partial charge in [-0.3, -0.25) is 9.59 Å². The summed E-state index contributed by atoms with van der Waals surface area (Å²) < 4.78 is 15.9. The summed E-state index contributed by atoms with van der Waals surface area (Å²) in [6.45, 7) is 3.45. The van der Waals surface area contributed by atoms with E-state index in [9.17, 15) is 9.59 Å². The summed E-state index contributed by atoms with van der Waals surface area (Å²) in [5.41, 5.74) is 2.66. The number of amides is 2. The molecule has 1 aliphatic rings. The minimum atomic E-state index is -0.268. The maximum atomic E-state index is 13.0. The van der Waals surface area contributed by atoms with Crippen molar-refractivity contribution >= 4 is 23.2 Å². The number of hydrogen-bond donors (Lipinski definition) is 2. The van der Waals surface area contributed by atoms with Crippen LogP contribution < -0.4 is 24.8 Å². The predicted molar refractivity (Wildman–Crippen MR) is 120 cm³/mol. The summed E-state index contributed by atoms with van der Waals surface area (Å²) in [6, 6.07) is 8.92. The second-order valence-electron chi connectivity index (χ2n) is 7.31. The summed E-state index contributed by atoms with van der Waals surface area (Å²) >= 11 is 0. The Balaban J connectivity index is 1.72. The van der Waals surface area contributed by atoms with Gasteiger partial charge < -0.3 is 29.7 Å². The molecule has 1 fully saturated rings. The Bertz CT molecular complexity index is 929. The molecular formula is C23H29N3O5. The highest BCUT2D eigenvalue weighted by Crippen LogP contribution is 2.39. The molecule has 0 aromatic heterocycles. The first-order chi connectivity index (χ1) is 15.0. The fourth-order valence-corrected chi connectivity index (χ4v) is 3.71. The van der Waals surface area contributed by atoms with Gasteiger partial charge in [-0.05, 0) is 31.4 Å². The lowest BCUT2D eigenvalue weighted by molar-refractivity contribution is -0.114. The van der Waals surface area contributed by atoms with E-state index in [-0.39, 0.29) is 18.4 Å². The smallest absolute Gasteiger partial charge is 0.256 e. The molecule has 0 aliphatic carbocycles. The molecule has 0 radical (unpaired) electrons. The van der Waals surface area contributed by atoms with Crippen molar-refractivity contribution in [1.29, 1.82) is 0 Å². The molecule has 2 aromatic carbocycles. The third kappa shape index (κ3) is 5.02. The highest BCUT2D eigenvalue weighted by Gasteiger charge is 2.23. The number of nitrogens with zero attached hydrogens (tertiary/aromatic N) is 1. The lowest BCUT2D eigenvalue weighted by Crippen LogP contribution is -2.30. The van der Waals surface area contributed by atoms with Crippen LogP contribution >= 0.6 is 0 Å². The van der Waals surface area contributed by atoms with Gasteiger partial charge in [0.1, 0.15) is 0 Å². The van der Waals surface area contributed by atoms with Crippen molar-refractivity contribution in [3.63, 3.8) is 0 Å². The maximum absolute atomic E-state index is 13.0. The molecular weight excluding hydrogens is 398 g/mol. The minimum Gasteiger partial charge on any atom is -0.493 e.